The second kappa shape index (κ2) is 8.65. The molecule has 2 heterocycles. The summed E-state index contributed by atoms with van der Waals surface area (Å²) in [6.45, 7) is 1.87. The van der Waals surface area contributed by atoms with Crippen molar-refractivity contribution >= 4 is 57.8 Å². The van der Waals surface area contributed by atoms with Crippen molar-refractivity contribution in [3.8, 4) is 11.5 Å². The summed E-state index contributed by atoms with van der Waals surface area (Å²) in [7, 11) is 1.60. The van der Waals surface area contributed by atoms with Gasteiger partial charge in [0.2, 0.25) is 5.91 Å². The first-order valence-electron chi connectivity index (χ1n) is 10.6. The molecule has 2 aliphatic rings. The SMILES string of the molecule is COc1ccc2c(c1)[C@H]1NC(=S)N(c3cccc(Cl)c3)[C@@](C)(O2)[C@@H]1C(=O)Nc1ccc(Cl)cc1. The molecule has 2 N–H and O–H groups in total. The topological polar surface area (TPSA) is 62.8 Å². The van der Waals surface area contributed by atoms with Crippen LogP contribution in [-0.2, 0) is 4.79 Å². The van der Waals surface area contributed by atoms with E-state index >= 15 is 0 Å². The van der Waals surface area contributed by atoms with Gasteiger partial charge in [0.1, 0.15) is 17.4 Å². The minimum absolute atomic E-state index is 0.231. The zero-order valence-corrected chi connectivity index (χ0v) is 20.7. The Morgan fingerprint density at radius 1 is 1.12 bits per heavy atom. The summed E-state index contributed by atoms with van der Waals surface area (Å²) in [6, 6.07) is 19.3. The Morgan fingerprint density at radius 2 is 1.88 bits per heavy atom. The summed E-state index contributed by atoms with van der Waals surface area (Å²) in [4.78, 5) is 15.6. The van der Waals surface area contributed by atoms with Gasteiger partial charge in [-0.2, -0.15) is 0 Å². The van der Waals surface area contributed by atoms with Crippen molar-refractivity contribution in [2.75, 3.05) is 17.3 Å². The van der Waals surface area contributed by atoms with Crippen LogP contribution in [0.1, 0.15) is 18.5 Å². The van der Waals surface area contributed by atoms with Gasteiger partial charge in [-0.1, -0.05) is 29.3 Å². The van der Waals surface area contributed by atoms with Crippen LogP contribution in [0.3, 0.4) is 0 Å². The molecule has 3 aromatic carbocycles. The summed E-state index contributed by atoms with van der Waals surface area (Å²) >= 11 is 18.1. The molecule has 2 bridgehead atoms. The van der Waals surface area contributed by atoms with E-state index in [-0.39, 0.29) is 5.91 Å². The van der Waals surface area contributed by atoms with E-state index in [9.17, 15) is 4.79 Å². The van der Waals surface area contributed by atoms with E-state index < -0.39 is 17.7 Å². The predicted octanol–water partition coefficient (Wildman–Crippen LogP) is 5.80. The van der Waals surface area contributed by atoms with Crippen LogP contribution >= 0.6 is 35.4 Å². The summed E-state index contributed by atoms with van der Waals surface area (Å²) < 4.78 is 12.0. The van der Waals surface area contributed by atoms with Crippen LogP contribution in [0.15, 0.2) is 66.7 Å². The minimum atomic E-state index is -1.14. The second-order valence-corrected chi connectivity index (χ2v) is 9.54. The minimum Gasteiger partial charge on any atom is -0.497 e. The number of fused-ring (bicyclic) bond motifs is 4. The highest BCUT2D eigenvalue weighted by Crippen LogP contribution is 2.50. The van der Waals surface area contributed by atoms with Gasteiger partial charge in [-0.3, -0.25) is 9.69 Å². The number of nitrogens with one attached hydrogen (secondary N) is 2. The quantitative estimate of drug-likeness (QED) is 0.429. The first-order chi connectivity index (χ1) is 16.3. The largest absolute Gasteiger partial charge is 0.497 e. The fourth-order valence-corrected chi connectivity index (χ4v) is 5.37. The maximum atomic E-state index is 13.8. The summed E-state index contributed by atoms with van der Waals surface area (Å²) in [6.07, 6.45) is 0. The lowest BCUT2D eigenvalue weighted by Gasteiger charge is -2.56. The molecule has 9 heteroatoms. The highest BCUT2D eigenvalue weighted by atomic mass is 35.5. The number of amides is 1. The molecule has 2 aliphatic heterocycles. The lowest BCUT2D eigenvalue weighted by Crippen LogP contribution is -2.72. The van der Waals surface area contributed by atoms with Crippen LogP contribution in [0, 0.1) is 5.92 Å². The Kier molecular flexibility index (Phi) is 5.80. The van der Waals surface area contributed by atoms with Crippen molar-refractivity contribution in [1.29, 1.82) is 0 Å². The third kappa shape index (κ3) is 3.83. The summed E-state index contributed by atoms with van der Waals surface area (Å²) in [5.41, 5.74) is 0.994. The van der Waals surface area contributed by atoms with Gasteiger partial charge in [-0.25, -0.2) is 0 Å². The van der Waals surface area contributed by atoms with Crippen LogP contribution in [-0.4, -0.2) is 23.9 Å². The van der Waals surface area contributed by atoms with E-state index in [1.54, 1.807) is 43.5 Å². The van der Waals surface area contributed by atoms with Gasteiger partial charge in [-0.05, 0) is 79.8 Å². The Morgan fingerprint density at radius 3 is 2.59 bits per heavy atom. The van der Waals surface area contributed by atoms with Crippen molar-refractivity contribution in [2.24, 2.45) is 5.92 Å². The van der Waals surface area contributed by atoms with E-state index in [1.165, 1.54) is 0 Å². The average molecular weight is 514 g/mol. The van der Waals surface area contributed by atoms with E-state index in [0.717, 1.165) is 5.56 Å². The van der Waals surface area contributed by atoms with Crippen molar-refractivity contribution < 1.29 is 14.3 Å². The normalized spacial score (nSPS) is 22.8. The van der Waals surface area contributed by atoms with Gasteiger partial charge >= 0.3 is 0 Å². The molecule has 1 amide bonds. The maximum Gasteiger partial charge on any atom is 0.236 e. The molecular formula is C25H21Cl2N3O3S. The van der Waals surface area contributed by atoms with Gasteiger partial charge in [0.05, 0.1) is 13.2 Å². The molecule has 6 nitrogen and oxygen atoms in total. The number of hydrogen-bond donors (Lipinski definition) is 2. The standard InChI is InChI=1S/C25H21Cl2N3O3S/c1-25-21(23(31)28-16-8-6-14(26)7-9-16)22(19-13-18(32-2)10-11-20(19)33-25)29-24(34)30(25)17-5-3-4-15(27)12-17/h3-13,21-22H,1-2H3,(H,28,31)(H,29,34)/t21-,22+,25-/m0/s1. The van der Waals surface area contributed by atoms with Crippen LogP contribution in [0.25, 0.3) is 0 Å². The van der Waals surface area contributed by atoms with Crippen LogP contribution in [0.4, 0.5) is 11.4 Å². The highest BCUT2D eigenvalue weighted by Gasteiger charge is 2.59. The molecule has 0 saturated carbocycles. The molecule has 1 saturated heterocycles. The highest BCUT2D eigenvalue weighted by molar-refractivity contribution is 7.80. The van der Waals surface area contributed by atoms with E-state index in [4.69, 9.17) is 44.9 Å². The monoisotopic (exact) mass is 513 g/mol. The molecule has 0 unspecified atom stereocenters. The van der Waals surface area contributed by atoms with Gasteiger partial charge in [0.25, 0.3) is 0 Å². The first kappa shape index (κ1) is 22.8. The zero-order valence-electron chi connectivity index (χ0n) is 18.3. The molecule has 174 valence electrons. The van der Waals surface area contributed by atoms with Crippen LogP contribution < -0.4 is 25.0 Å². The third-order valence-corrected chi connectivity index (χ3v) is 6.95. The Hall–Kier alpha value is -3.00. The Bertz CT molecular complexity index is 1290. The fraction of sp³-hybridized carbons (Fsp3) is 0.200. The number of halogens is 2. The van der Waals surface area contributed by atoms with Crippen molar-refractivity contribution in [1.82, 2.24) is 5.32 Å². The number of carbonyl (C=O) groups excluding carboxylic acids is 1. The number of rotatable bonds is 4. The molecule has 0 radical (unpaired) electrons. The van der Waals surface area contributed by atoms with Crippen molar-refractivity contribution in [2.45, 2.75) is 18.7 Å². The number of benzene rings is 3. The lowest BCUT2D eigenvalue weighted by molar-refractivity contribution is -0.130. The molecule has 3 aromatic rings. The predicted molar refractivity (Wildman–Crippen MR) is 138 cm³/mol. The van der Waals surface area contributed by atoms with Gasteiger partial charge in [0, 0.05) is 27.0 Å². The molecule has 3 atom stereocenters. The number of hydrogen-bond acceptors (Lipinski definition) is 4. The summed E-state index contributed by atoms with van der Waals surface area (Å²) in [5, 5.41) is 7.94. The summed E-state index contributed by atoms with van der Waals surface area (Å²) in [5.74, 6) is 0.387. The van der Waals surface area contributed by atoms with Crippen LogP contribution in [0.2, 0.25) is 10.0 Å². The lowest BCUT2D eigenvalue weighted by atomic mass is 9.78. The average Bonchev–Trinajstić information content (AvgIpc) is 2.80. The number of anilines is 2. The Balaban J connectivity index is 1.63. The second-order valence-electron chi connectivity index (χ2n) is 8.28. The molecular weight excluding hydrogens is 493 g/mol. The molecule has 34 heavy (non-hydrogen) atoms. The zero-order chi connectivity index (χ0) is 24.0. The van der Waals surface area contributed by atoms with Gasteiger partial charge < -0.3 is 20.1 Å². The number of thiocarbonyl (C=S) groups is 1. The Labute approximate surface area is 212 Å². The van der Waals surface area contributed by atoms with E-state index in [1.807, 2.05) is 42.2 Å². The van der Waals surface area contributed by atoms with Crippen molar-refractivity contribution in [3.63, 3.8) is 0 Å². The number of carbonyl (C=O) groups is 1. The number of methoxy groups -OCH3 is 1. The molecule has 0 spiro atoms. The molecule has 5 rings (SSSR count). The number of nitrogens with zero attached hydrogens (tertiary/aromatic N) is 1. The first-order valence-corrected chi connectivity index (χ1v) is 11.8. The maximum absolute atomic E-state index is 13.8. The van der Waals surface area contributed by atoms with Gasteiger partial charge in [0.15, 0.2) is 10.8 Å². The number of ether oxygens (including phenoxy) is 2. The fourth-order valence-electron chi connectivity index (χ4n) is 4.65. The molecule has 0 aliphatic carbocycles. The smallest absolute Gasteiger partial charge is 0.236 e. The molecule has 1 fully saturated rings. The molecule has 0 aromatic heterocycles. The van der Waals surface area contributed by atoms with Gasteiger partial charge in [-0.15, -0.1) is 0 Å². The van der Waals surface area contributed by atoms with E-state index in [2.05, 4.69) is 10.6 Å². The van der Waals surface area contributed by atoms with Crippen LogP contribution in [0.5, 0.6) is 11.5 Å². The third-order valence-electron chi connectivity index (χ3n) is 6.17. The van der Waals surface area contributed by atoms with E-state index in [0.29, 0.717) is 38.0 Å². The van der Waals surface area contributed by atoms with Crippen molar-refractivity contribution in [3.05, 3.63) is 82.3 Å².